The minimum absolute atomic E-state index is 0.184. The van der Waals surface area contributed by atoms with Crippen molar-refractivity contribution in [3.8, 4) is 5.75 Å². The lowest BCUT2D eigenvalue weighted by molar-refractivity contribution is 0.0808. The summed E-state index contributed by atoms with van der Waals surface area (Å²) in [4.78, 5) is 12.6. The Morgan fingerprint density at radius 3 is 2.79 bits per heavy atom. The van der Waals surface area contributed by atoms with Crippen LogP contribution in [0.25, 0.3) is 0 Å². The lowest BCUT2D eigenvalue weighted by Gasteiger charge is -2.34. The number of benzene rings is 1. The molecule has 0 bridgehead atoms. The molecule has 0 aliphatic heterocycles. The number of amides is 1. The molecule has 1 aromatic rings. The number of nitrogens with two attached hydrogens (primary N) is 1. The molecule has 3 N–H and O–H groups in total. The summed E-state index contributed by atoms with van der Waals surface area (Å²) in [5.74, 6) is 0.491. The molecule has 1 aliphatic carbocycles. The van der Waals surface area contributed by atoms with Crippen molar-refractivity contribution in [2.75, 3.05) is 6.61 Å². The fourth-order valence-electron chi connectivity index (χ4n) is 2.90. The number of nitrogens with one attached hydrogen (secondary N) is 1. The van der Waals surface area contributed by atoms with Gasteiger partial charge in [0.05, 0.1) is 12.6 Å². The highest BCUT2D eigenvalue weighted by molar-refractivity contribution is 7.80. The first kappa shape index (κ1) is 18.5. The van der Waals surface area contributed by atoms with Gasteiger partial charge < -0.3 is 10.5 Å². The van der Waals surface area contributed by atoms with Crippen LogP contribution in [-0.2, 0) is 0 Å². The van der Waals surface area contributed by atoms with Crippen LogP contribution < -0.4 is 15.9 Å². The number of ether oxygens (including phenoxy) is 1. The first-order chi connectivity index (χ1) is 11.6. The van der Waals surface area contributed by atoms with Crippen molar-refractivity contribution in [2.24, 2.45) is 5.73 Å². The average Bonchev–Trinajstić information content (AvgIpc) is 2.60. The molecule has 1 aromatic carbocycles. The molecule has 0 heterocycles. The first-order valence-corrected chi connectivity index (χ1v) is 9.15. The number of hydrogen-bond acceptors (Lipinski definition) is 3. The molecule has 1 amide bonds. The van der Waals surface area contributed by atoms with E-state index in [0.717, 1.165) is 38.5 Å². The van der Waals surface area contributed by atoms with Gasteiger partial charge in [0, 0.05) is 5.56 Å². The van der Waals surface area contributed by atoms with E-state index in [2.05, 4.69) is 12.3 Å². The van der Waals surface area contributed by atoms with E-state index in [-0.39, 0.29) is 17.1 Å². The Morgan fingerprint density at radius 2 is 2.12 bits per heavy atom. The maximum absolute atomic E-state index is 12.6. The molecular weight excluding hydrogens is 322 g/mol. The second-order valence-corrected chi connectivity index (χ2v) is 6.59. The topological polar surface area (TPSA) is 67.6 Å². The standard InChI is InChI=1S/C18H27N3O2S/c1-2-3-12-23-16-11-7-8-14(13-16)17(22)20-21(18(19)24)15-9-5-4-6-10-15/h7-8,11,13,15H,2-6,9-10,12H2,1H3,(H2,19,24)(H,20,22). The maximum Gasteiger partial charge on any atom is 0.270 e. The van der Waals surface area contributed by atoms with E-state index in [4.69, 9.17) is 22.7 Å². The molecule has 5 nitrogen and oxygen atoms in total. The third-order valence-corrected chi connectivity index (χ3v) is 4.46. The molecule has 132 valence electrons. The molecule has 1 fully saturated rings. The van der Waals surface area contributed by atoms with Crippen molar-refractivity contribution in [1.82, 2.24) is 10.4 Å². The minimum atomic E-state index is -0.214. The zero-order valence-corrected chi connectivity index (χ0v) is 15.1. The Morgan fingerprint density at radius 1 is 1.38 bits per heavy atom. The highest BCUT2D eigenvalue weighted by Crippen LogP contribution is 2.22. The summed E-state index contributed by atoms with van der Waals surface area (Å²) in [6.07, 6.45) is 7.57. The van der Waals surface area contributed by atoms with Crippen LogP contribution in [0.15, 0.2) is 24.3 Å². The van der Waals surface area contributed by atoms with Gasteiger partial charge in [0.2, 0.25) is 0 Å². The minimum Gasteiger partial charge on any atom is -0.494 e. The summed E-state index contributed by atoms with van der Waals surface area (Å²) in [5, 5.41) is 1.87. The van der Waals surface area contributed by atoms with Gasteiger partial charge in [-0.1, -0.05) is 38.7 Å². The highest BCUT2D eigenvalue weighted by Gasteiger charge is 2.24. The summed E-state index contributed by atoms with van der Waals surface area (Å²) in [7, 11) is 0. The molecule has 24 heavy (non-hydrogen) atoms. The quantitative estimate of drug-likeness (QED) is 0.468. The van der Waals surface area contributed by atoms with Gasteiger partial charge in [-0.2, -0.15) is 0 Å². The van der Waals surface area contributed by atoms with E-state index >= 15 is 0 Å². The zero-order chi connectivity index (χ0) is 17.4. The molecule has 0 radical (unpaired) electrons. The van der Waals surface area contributed by atoms with E-state index in [1.807, 2.05) is 12.1 Å². The number of carbonyl (C=O) groups is 1. The number of rotatable bonds is 6. The van der Waals surface area contributed by atoms with E-state index in [1.54, 1.807) is 17.1 Å². The second-order valence-electron chi connectivity index (χ2n) is 6.17. The number of hydrogen-bond donors (Lipinski definition) is 2. The average molecular weight is 350 g/mol. The summed E-state index contributed by atoms with van der Waals surface area (Å²) in [5.41, 5.74) is 9.24. The summed E-state index contributed by atoms with van der Waals surface area (Å²) < 4.78 is 5.66. The fraction of sp³-hybridized carbons (Fsp3) is 0.556. The van der Waals surface area contributed by atoms with Crippen LogP contribution in [0.3, 0.4) is 0 Å². The predicted octanol–water partition coefficient (Wildman–Crippen LogP) is 3.39. The molecule has 0 spiro atoms. The molecule has 0 saturated heterocycles. The number of thiocarbonyl (C=S) groups is 1. The van der Waals surface area contributed by atoms with E-state index < -0.39 is 0 Å². The SMILES string of the molecule is CCCCOc1cccc(C(=O)NN(C(N)=S)C2CCCCC2)c1. The van der Waals surface area contributed by atoms with Crippen molar-refractivity contribution in [3.05, 3.63) is 29.8 Å². The van der Waals surface area contributed by atoms with Gasteiger partial charge in [-0.05, 0) is 49.7 Å². The molecule has 0 aromatic heterocycles. The van der Waals surface area contributed by atoms with Crippen LogP contribution in [0.4, 0.5) is 0 Å². The Bertz CT molecular complexity index is 559. The predicted molar refractivity (Wildman–Crippen MR) is 99.8 cm³/mol. The first-order valence-electron chi connectivity index (χ1n) is 8.74. The third kappa shape index (κ3) is 5.37. The van der Waals surface area contributed by atoms with Gasteiger partial charge in [-0.3, -0.25) is 15.2 Å². The Labute approximate surface area is 149 Å². The van der Waals surface area contributed by atoms with Gasteiger partial charge in [0.25, 0.3) is 5.91 Å². The van der Waals surface area contributed by atoms with Crippen LogP contribution in [0.5, 0.6) is 5.75 Å². The number of unbranched alkanes of at least 4 members (excludes halogenated alkanes) is 1. The lowest BCUT2D eigenvalue weighted by atomic mass is 9.95. The van der Waals surface area contributed by atoms with Crippen LogP contribution in [-0.4, -0.2) is 28.7 Å². The number of nitrogens with zero attached hydrogens (tertiary/aromatic N) is 1. The van der Waals surface area contributed by atoms with Crippen LogP contribution in [0, 0.1) is 0 Å². The highest BCUT2D eigenvalue weighted by atomic mass is 32.1. The van der Waals surface area contributed by atoms with Gasteiger partial charge in [0.1, 0.15) is 5.75 Å². The number of carbonyl (C=O) groups excluding carboxylic acids is 1. The number of hydrazine groups is 1. The fourth-order valence-corrected chi connectivity index (χ4v) is 3.10. The third-order valence-electron chi connectivity index (χ3n) is 4.26. The second kappa shape index (κ2) is 9.47. The van der Waals surface area contributed by atoms with Crippen molar-refractivity contribution in [1.29, 1.82) is 0 Å². The van der Waals surface area contributed by atoms with Gasteiger partial charge in [-0.25, -0.2) is 0 Å². The summed E-state index contributed by atoms with van der Waals surface area (Å²) in [6, 6.07) is 7.38. The zero-order valence-electron chi connectivity index (χ0n) is 14.3. The molecule has 2 rings (SSSR count). The molecule has 0 unspecified atom stereocenters. The largest absolute Gasteiger partial charge is 0.494 e. The molecule has 1 aliphatic rings. The van der Waals surface area contributed by atoms with E-state index in [1.165, 1.54) is 6.42 Å². The van der Waals surface area contributed by atoms with Crippen LogP contribution >= 0.6 is 12.2 Å². The van der Waals surface area contributed by atoms with Crippen molar-refractivity contribution < 1.29 is 9.53 Å². The van der Waals surface area contributed by atoms with Gasteiger partial charge in [-0.15, -0.1) is 0 Å². The lowest BCUT2D eigenvalue weighted by Crippen LogP contribution is -2.54. The Kier molecular flexibility index (Phi) is 7.31. The van der Waals surface area contributed by atoms with Gasteiger partial charge >= 0.3 is 0 Å². The van der Waals surface area contributed by atoms with Crippen molar-refractivity contribution in [2.45, 2.75) is 57.9 Å². The molecule has 0 atom stereocenters. The van der Waals surface area contributed by atoms with E-state index in [9.17, 15) is 4.79 Å². The van der Waals surface area contributed by atoms with Crippen LogP contribution in [0.2, 0.25) is 0 Å². The Balaban J connectivity index is 2.01. The van der Waals surface area contributed by atoms with E-state index in [0.29, 0.717) is 17.9 Å². The summed E-state index contributed by atoms with van der Waals surface area (Å²) in [6.45, 7) is 2.77. The molecule has 6 heteroatoms. The maximum atomic E-state index is 12.6. The smallest absolute Gasteiger partial charge is 0.270 e. The van der Waals surface area contributed by atoms with Gasteiger partial charge in [0.15, 0.2) is 5.11 Å². The monoisotopic (exact) mass is 349 g/mol. The normalized spacial score (nSPS) is 14.9. The molecular formula is C18H27N3O2S. The van der Waals surface area contributed by atoms with Crippen LogP contribution in [0.1, 0.15) is 62.2 Å². The Hall–Kier alpha value is -1.82. The van der Waals surface area contributed by atoms with Crippen molar-refractivity contribution >= 4 is 23.2 Å². The van der Waals surface area contributed by atoms with Crippen molar-refractivity contribution in [3.63, 3.8) is 0 Å². The molecule has 1 saturated carbocycles. The summed E-state index contributed by atoms with van der Waals surface area (Å²) >= 11 is 5.13.